The highest BCUT2D eigenvalue weighted by molar-refractivity contribution is 5.99. The maximum absolute atomic E-state index is 13.3. The third-order valence-electron chi connectivity index (χ3n) is 3.84. The SMILES string of the molecule is Cc1ccc(C(C)(O)CNC(=O)C2=Cc3cc(F)ccc3OC2)o1. The summed E-state index contributed by atoms with van der Waals surface area (Å²) in [5, 5.41) is 13.1. The van der Waals surface area contributed by atoms with Gasteiger partial charge in [0, 0.05) is 5.56 Å². The van der Waals surface area contributed by atoms with Crippen molar-refractivity contribution in [2.75, 3.05) is 13.2 Å². The number of carbonyl (C=O) groups is 1. The molecule has 24 heavy (non-hydrogen) atoms. The van der Waals surface area contributed by atoms with Gasteiger partial charge in [0.15, 0.2) is 0 Å². The van der Waals surface area contributed by atoms with Gasteiger partial charge in [-0.05, 0) is 50.3 Å². The van der Waals surface area contributed by atoms with Crippen molar-refractivity contribution in [3.8, 4) is 5.75 Å². The lowest BCUT2D eigenvalue weighted by molar-refractivity contribution is -0.119. The van der Waals surface area contributed by atoms with E-state index in [0.717, 1.165) is 0 Å². The fourth-order valence-corrected chi connectivity index (χ4v) is 2.46. The molecule has 1 atom stereocenters. The standard InChI is InChI=1S/C18H18FNO4/c1-11-3-6-16(24-11)18(2,22)10-20-17(21)13-7-12-8-14(19)4-5-15(12)23-9-13/h3-8,22H,9-10H2,1-2H3,(H,20,21). The predicted octanol–water partition coefficient (Wildman–Crippen LogP) is 2.53. The molecular formula is C18H18FNO4. The molecule has 1 aliphatic heterocycles. The van der Waals surface area contributed by atoms with Crippen molar-refractivity contribution in [1.82, 2.24) is 5.32 Å². The lowest BCUT2D eigenvalue weighted by Gasteiger charge is -2.23. The van der Waals surface area contributed by atoms with Crippen molar-refractivity contribution in [3.05, 3.63) is 58.8 Å². The van der Waals surface area contributed by atoms with Crippen LogP contribution in [0.15, 0.2) is 40.3 Å². The van der Waals surface area contributed by atoms with Crippen LogP contribution in [0.25, 0.3) is 6.08 Å². The largest absolute Gasteiger partial charge is 0.488 e. The number of furan rings is 1. The molecule has 0 spiro atoms. The molecule has 2 heterocycles. The van der Waals surface area contributed by atoms with Crippen LogP contribution in [-0.2, 0) is 10.4 Å². The molecule has 1 unspecified atom stereocenters. The van der Waals surface area contributed by atoms with Crippen LogP contribution in [0.5, 0.6) is 5.75 Å². The van der Waals surface area contributed by atoms with E-state index in [-0.39, 0.29) is 19.1 Å². The highest BCUT2D eigenvalue weighted by Crippen LogP contribution is 2.27. The zero-order valence-electron chi connectivity index (χ0n) is 13.4. The Morgan fingerprint density at radius 1 is 1.38 bits per heavy atom. The summed E-state index contributed by atoms with van der Waals surface area (Å²) in [4.78, 5) is 12.3. The van der Waals surface area contributed by atoms with Gasteiger partial charge in [-0.25, -0.2) is 4.39 Å². The van der Waals surface area contributed by atoms with Gasteiger partial charge in [-0.2, -0.15) is 0 Å². The van der Waals surface area contributed by atoms with Crippen LogP contribution in [0.4, 0.5) is 4.39 Å². The number of halogens is 1. The Labute approximate surface area is 138 Å². The Bertz CT molecular complexity index is 807. The Morgan fingerprint density at radius 2 is 2.17 bits per heavy atom. The number of aliphatic hydroxyl groups is 1. The third kappa shape index (κ3) is 3.33. The quantitative estimate of drug-likeness (QED) is 0.903. The molecule has 2 N–H and O–H groups in total. The average Bonchev–Trinajstić information content (AvgIpc) is 2.99. The molecular weight excluding hydrogens is 313 g/mol. The Morgan fingerprint density at radius 3 is 2.88 bits per heavy atom. The van der Waals surface area contributed by atoms with Crippen molar-refractivity contribution in [2.45, 2.75) is 19.4 Å². The van der Waals surface area contributed by atoms with Gasteiger partial charge in [0.05, 0.1) is 12.1 Å². The number of carbonyl (C=O) groups excluding carboxylic acids is 1. The van der Waals surface area contributed by atoms with Gasteiger partial charge >= 0.3 is 0 Å². The first-order chi connectivity index (χ1) is 11.3. The molecule has 0 radical (unpaired) electrons. The third-order valence-corrected chi connectivity index (χ3v) is 3.84. The van der Waals surface area contributed by atoms with Crippen LogP contribution >= 0.6 is 0 Å². The van der Waals surface area contributed by atoms with E-state index in [4.69, 9.17) is 9.15 Å². The monoisotopic (exact) mass is 331 g/mol. The van der Waals surface area contributed by atoms with E-state index in [1.54, 1.807) is 32.1 Å². The highest BCUT2D eigenvalue weighted by atomic mass is 19.1. The molecule has 0 aliphatic carbocycles. The van der Waals surface area contributed by atoms with Crippen molar-refractivity contribution in [3.63, 3.8) is 0 Å². The molecule has 0 bridgehead atoms. The summed E-state index contributed by atoms with van der Waals surface area (Å²) in [5.74, 6) is 0.811. The van der Waals surface area contributed by atoms with Crippen molar-refractivity contribution < 1.29 is 23.4 Å². The minimum atomic E-state index is -1.33. The minimum absolute atomic E-state index is 0.0217. The molecule has 1 aromatic heterocycles. The molecule has 5 nitrogen and oxygen atoms in total. The van der Waals surface area contributed by atoms with Gasteiger partial charge < -0.3 is 19.6 Å². The highest BCUT2D eigenvalue weighted by Gasteiger charge is 2.28. The van der Waals surface area contributed by atoms with Gasteiger partial charge in [-0.15, -0.1) is 0 Å². The molecule has 0 fully saturated rings. The lowest BCUT2D eigenvalue weighted by atomic mass is 10.0. The van der Waals surface area contributed by atoms with Gasteiger partial charge in [0.2, 0.25) is 0 Å². The second kappa shape index (κ2) is 6.13. The molecule has 0 saturated heterocycles. The fraction of sp³-hybridized carbons (Fsp3) is 0.278. The van der Waals surface area contributed by atoms with Crippen LogP contribution in [0.3, 0.4) is 0 Å². The van der Waals surface area contributed by atoms with Gasteiger partial charge in [0.1, 0.15) is 35.3 Å². The maximum Gasteiger partial charge on any atom is 0.250 e. The van der Waals surface area contributed by atoms with Crippen LogP contribution < -0.4 is 10.1 Å². The summed E-state index contributed by atoms with van der Waals surface area (Å²) in [6.07, 6.45) is 1.59. The van der Waals surface area contributed by atoms with E-state index in [0.29, 0.717) is 28.4 Å². The van der Waals surface area contributed by atoms with Crippen molar-refractivity contribution in [2.24, 2.45) is 0 Å². The number of benzene rings is 1. The van der Waals surface area contributed by atoms with Crippen LogP contribution in [0.1, 0.15) is 24.0 Å². The summed E-state index contributed by atoms with van der Waals surface area (Å²) in [5.41, 5.74) is -0.455. The minimum Gasteiger partial charge on any atom is -0.488 e. The number of aryl methyl sites for hydroxylation is 1. The van der Waals surface area contributed by atoms with E-state index >= 15 is 0 Å². The number of nitrogens with one attached hydrogen (secondary N) is 1. The van der Waals surface area contributed by atoms with E-state index in [9.17, 15) is 14.3 Å². The zero-order valence-corrected chi connectivity index (χ0v) is 13.4. The number of hydrogen-bond donors (Lipinski definition) is 2. The van der Waals surface area contributed by atoms with Gasteiger partial charge in [-0.3, -0.25) is 4.79 Å². The predicted molar refractivity (Wildman–Crippen MR) is 85.9 cm³/mol. The Kier molecular flexibility index (Phi) is 4.15. The maximum atomic E-state index is 13.3. The van der Waals surface area contributed by atoms with Crippen LogP contribution in [-0.4, -0.2) is 24.2 Å². The molecule has 1 amide bonds. The topological polar surface area (TPSA) is 71.7 Å². The second-order valence-electron chi connectivity index (χ2n) is 6.01. The smallest absolute Gasteiger partial charge is 0.250 e. The molecule has 3 rings (SSSR count). The van der Waals surface area contributed by atoms with Crippen LogP contribution in [0.2, 0.25) is 0 Å². The number of ether oxygens (including phenoxy) is 1. The average molecular weight is 331 g/mol. The molecule has 126 valence electrons. The first kappa shape index (κ1) is 16.3. The lowest BCUT2D eigenvalue weighted by Crippen LogP contribution is -2.39. The van der Waals surface area contributed by atoms with E-state index in [1.807, 2.05) is 0 Å². The van der Waals surface area contributed by atoms with E-state index in [1.165, 1.54) is 18.2 Å². The number of fused-ring (bicyclic) bond motifs is 1. The summed E-state index contributed by atoms with van der Waals surface area (Å²) in [6.45, 7) is 3.40. The molecule has 1 aromatic carbocycles. The molecule has 1 aliphatic rings. The summed E-state index contributed by atoms with van der Waals surface area (Å²) in [6, 6.07) is 7.56. The Hall–Kier alpha value is -2.60. The zero-order chi connectivity index (χ0) is 17.3. The first-order valence-electron chi connectivity index (χ1n) is 7.55. The van der Waals surface area contributed by atoms with Crippen molar-refractivity contribution in [1.29, 1.82) is 0 Å². The molecule has 0 saturated carbocycles. The summed E-state index contributed by atoms with van der Waals surface area (Å²) < 4.78 is 24.1. The van der Waals surface area contributed by atoms with Gasteiger partial charge in [0.25, 0.3) is 5.91 Å². The normalized spacial score (nSPS) is 15.8. The second-order valence-corrected chi connectivity index (χ2v) is 6.01. The van der Waals surface area contributed by atoms with E-state index in [2.05, 4.69) is 5.32 Å². The molecule has 6 heteroatoms. The summed E-state index contributed by atoms with van der Waals surface area (Å²) >= 11 is 0. The van der Waals surface area contributed by atoms with E-state index < -0.39 is 11.4 Å². The number of hydrogen-bond acceptors (Lipinski definition) is 4. The number of amides is 1. The first-order valence-corrected chi connectivity index (χ1v) is 7.55. The fourth-order valence-electron chi connectivity index (χ4n) is 2.46. The molecule has 2 aromatic rings. The van der Waals surface area contributed by atoms with Gasteiger partial charge in [-0.1, -0.05) is 0 Å². The number of rotatable bonds is 4. The Balaban J connectivity index is 1.69. The summed E-state index contributed by atoms with van der Waals surface area (Å²) in [7, 11) is 0. The van der Waals surface area contributed by atoms with Crippen LogP contribution in [0, 0.1) is 12.7 Å². The van der Waals surface area contributed by atoms with Crippen molar-refractivity contribution >= 4 is 12.0 Å².